The SMILES string of the molecule is COc1cccnc1N(C)C1CCCNC1. The van der Waals surface area contributed by atoms with Crippen LogP contribution in [0.3, 0.4) is 0 Å². The highest BCUT2D eigenvalue weighted by atomic mass is 16.5. The Labute approximate surface area is 96.6 Å². The maximum absolute atomic E-state index is 5.33. The van der Waals surface area contributed by atoms with Gasteiger partial charge in [-0.25, -0.2) is 4.98 Å². The molecule has 1 unspecified atom stereocenters. The molecule has 0 aromatic carbocycles. The summed E-state index contributed by atoms with van der Waals surface area (Å²) in [5.41, 5.74) is 0. The zero-order chi connectivity index (χ0) is 11.4. The number of methoxy groups -OCH3 is 1. The fourth-order valence-electron chi connectivity index (χ4n) is 2.14. The number of hydrogen-bond acceptors (Lipinski definition) is 4. The van der Waals surface area contributed by atoms with Crippen molar-refractivity contribution in [1.82, 2.24) is 10.3 Å². The molecule has 1 fully saturated rings. The Hall–Kier alpha value is -1.29. The highest BCUT2D eigenvalue weighted by Gasteiger charge is 2.20. The van der Waals surface area contributed by atoms with Gasteiger partial charge in [-0.1, -0.05) is 0 Å². The molecule has 1 saturated heterocycles. The summed E-state index contributed by atoms with van der Waals surface area (Å²) in [7, 11) is 3.77. The molecule has 2 heterocycles. The predicted molar refractivity (Wildman–Crippen MR) is 65.1 cm³/mol. The molecule has 0 amide bonds. The topological polar surface area (TPSA) is 37.4 Å². The Kier molecular flexibility index (Phi) is 3.62. The molecule has 0 aliphatic carbocycles. The van der Waals surface area contributed by atoms with Gasteiger partial charge in [0.2, 0.25) is 0 Å². The average Bonchev–Trinajstić information content (AvgIpc) is 2.39. The van der Waals surface area contributed by atoms with E-state index in [0.717, 1.165) is 24.7 Å². The summed E-state index contributed by atoms with van der Waals surface area (Å²) in [5.74, 6) is 1.77. The van der Waals surface area contributed by atoms with E-state index in [1.807, 2.05) is 18.3 Å². The van der Waals surface area contributed by atoms with E-state index in [0.29, 0.717) is 6.04 Å². The number of pyridine rings is 1. The molecule has 1 aromatic rings. The van der Waals surface area contributed by atoms with Crippen molar-refractivity contribution in [3.05, 3.63) is 18.3 Å². The summed E-state index contributed by atoms with van der Waals surface area (Å²) in [6.45, 7) is 2.15. The van der Waals surface area contributed by atoms with Crippen molar-refractivity contribution in [2.75, 3.05) is 32.1 Å². The van der Waals surface area contributed by atoms with Gasteiger partial charge >= 0.3 is 0 Å². The summed E-state index contributed by atoms with van der Waals surface area (Å²) >= 11 is 0. The number of nitrogens with zero attached hydrogens (tertiary/aromatic N) is 2. The Morgan fingerprint density at radius 2 is 2.44 bits per heavy atom. The number of rotatable bonds is 3. The van der Waals surface area contributed by atoms with Crippen LogP contribution in [-0.4, -0.2) is 38.3 Å². The number of hydrogen-bond donors (Lipinski definition) is 1. The van der Waals surface area contributed by atoms with E-state index >= 15 is 0 Å². The average molecular weight is 221 g/mol. The fraction of sp³-hybridized carbons (Fsp3) is 0.583. The van der Waals surface area contributed by atoms with Gasteiger partial charge in [0, 0.05) is 25.8 Å². The van der Waals surface area contributed by atoms with E-state index in [1.54, 1.807) is 7.11 Å². The first-order chi connectivity index (χ1) is 7.83. The van der Waals surface area contributed by atoms with Gasteiger partial charge < -0.3 is 15.0 Å². The normalized spacial score (nSPS) is 20.5. The molecule has 1 atom stereocenters. The second kappa shape index (κ2) is 5.16. The molecular formula is C12H19N3O. The van der Waals surface area contributed by atoms with Crippen molar-refractivity contribution in [1.29, 1.82) is 0 Å². The van der Waals surface area contributed by atoms with Crippen molar-refractivity contribution in [2.45, 2.75) is 18.9 Å². The number of aromatic nitrogens is 1. The predicted octanol–water partition coefficient (Wildman–Crippen LogP) is 1.28. The van der Waals surface area contributed by atoms with Crippen molar-refractivity contribution in [2.24, 2.45) is 0 Å². The highest BCUT2D eigenvalue weighted by molar-refractivity contribution is 5.52. The van der Waals surface area contributed by atoms with E-state index in [2.05, 4.69) is 22.2 Å². The van der Waals surface area contributed by atoms with Gasteiger partial charge in [0.25, 0.3) is 0 Å². The van der Waals surface area contributed by atoms with Gasteiger partial charge in [-0.05, 0) is 31.5 Å². The van der Waals surface area contributed by atoms with Crippen molar-refractivity contribution in [3.63, 3.8) is 0 Å². The molecule has 0 saturated carbocycles. The van der Waals surface area contributed by atoms with Gasteiger partial charge in [0.05, 0.1) is 7.11 Å². The maximum Gasteiger partial charge on any atom is 0.171 e. The molecule has 1 aliphatic heterocycles. The highest BCUT2D eigenvalue weighted by Crippen LogP contribution is 2.26. The van der Waals surface area contributed by atoms with Gasteiger partial charge in [0.1, 0.15) is 0 Å². The molecule has 4 nitrogen and oxygen atoms in total. The number of likely N-dealkylation sites (N-methyl/N-ethyl adjacent to an activating group) is 1. The molecule has 88 valence electrons. The Morgan fingerprint density at radius 3 is 3.12 bits per heavy atom. The van der Waals surface area contributed by atoms with E-state index in [-0.39, 0.29) is 0 Å². The molecule has 1 N–H and O–H groups in total. The number of ether oxygens (including phenoxy) is 1. The molecule has 1 aromatic heterocycles. The van der Waals surface area contributed by atoms with Crippen molar-refractivity contribution in [3.8, 4) is 5.75 Å². The van der Waals surface area contributed by atoms with Gasteiger partial charge in [-0.2, -0.15) is 0 Å². The van der Waals surface area contributed by atoms with Gasteiger partial charge in [-0.3, -0.25) is 0 Å². The van der Waals surface area contributed by atoms with Gasteiger partial charge in [-0.15, -0.1) is 0 Å². The van der Waals surface area contributed by atoms with Gasteiger partial charge in [0.15, 0.2) is 11.6 Å². The smallest absolute Gasteiger partial charge is 0.171 e. The lowest BCUT2D eigenvalue weighted by atomic mass is 10.1. The third-order valence-corrected chi connectivity index (χ3v) is 3.12. The molecule has 2 rings (SSSR count). The first-order valence-corrected chi connectivity index (χ1v) is 5.75. The molecule has 16 heavy (non-hydrogen) atoms. The lowest BCUT2D eigenvalue weighted by Crippen LogP contribution is -2.44. The Bertz CT molecular complexity index is 337. The van der Waals surface area contributed by atoms with Crippen molar-refractivity contribution >= 4 is 5.82 Å². The second-order valence-electron chi connectivity index (χ2n) is 4.14. The van der Waals surface area contributed by atoms with Crippen LogP contribution in [0.4, 0.5) is 5.82 Å². The minimum atomic E-state index is 0.512. The summed E-state index contributed by atoms with van der Waals surface area (Å²) < 4.78 is 5.33. The molecule has 0 spiro atoms. The molecular weight excluding hydrogens is 202 g/mol. The maximum atomic E-state index is 5.33. The van der Waals surface area contributed by atoms with Crippen LogP contribution < -0.4 is 15.0 Å². The van der Waals surface area contributed by atoms with Crippen LogP contribution in [0.2, 0.25) is 0 Å². The fourth-order valence-corrected chi connectivity index (χ4v) is 2.14. The van der Waals surface area contributed by atoms with Crippen LogP contribution in [0.25, 0.3) is 0 Å². The molecule has 0 radical (unpaired) electrons. The van der Waals surface area contributed by atoms with E-state index in [4.69, 9.17) is 4.74 Å². The van der Waals surface area contributed by atoms with Crippen molar-refractivity contribution < 1.29 is 4.74 Å². The van der Waals surface area contributed by atoms with Crippen LogP contribution in [0.5, 0.6) is 5.75 Å². The van der Waals surface area contributed by atoms with E-state index in [9.17, 15) is 0 Å². The Morgan fingerprint density at radius 1 is 1.56 bits per heavy atom. The summed E-state index contributed by atoms with van der Waals surface area (Å²) in [5, 5.41) is 3.41. The minimum Gasteiger partial charge on any atom is -0.493 e. The number of nitrogens with one attached hydrogen (secondary N) is 1. The lowest BCUT2D eigenvalue weighted by molar-refractivity contribution is 0.403. The standard InChI is InChI=1S/C12H19N3O/c1-15(10-5-3-7-13-9-10)12-11(16-2)6-4-8-14-12/h4,6,8,10,13H,3,5,7,9H2,1-2H3. The number of piperidine rings is 1. The third-order valence-electron chi connectivity index (χ3n) is 3.12. The minimum absolute atomic E-state index is 0.512. The zero-order valence-corrected chi connectivity index (χ0v) is 9.94. The van der Waals surface area contributed by atoms with Crippen LogP contribution >= 0.6 is 0 Å². The van der Waals surface area contributed by atoms with E-state index < -0.39 is 0 Å². The largest absolute Gasteiger partial charge is 0.493 e. The third kappa shape index (κ3) is 2.27. The summed E-state index contributed by atoms with van der Waals surface area (Å²) in [6.07, 6.45) is 4.25. The Balaban J connectivity index is 2.15. The quantitative estimate of drug-likeness (QED) is 0.834. The lowest BCUT2D eigenvalue weighted by Gasteiger charge is -2.33. The summed E-state index contributed by atoms with van der Waals surface area (Å²) in [6, 6.07) is 4.36. The summed E-state index contributed by atoms with van der Waals surface area (Å²) in [4.78, 5) is 6.61. The first-order valence-electron chi connectivity index (χ1n) is 5.75. The van der Waals surface area contributed by atoms with Crippen LogP contribution in [0, 0.1) is 0 Å². The second-order valence-corrected chi connectivity index (χ2v) is 4.14. The first kappa shape index (κ1) is 11.2. The van der Waals surface area contributed by atoms with Crippen LogP contribution in [0.1, 0.15) is 12.8 Å². The van der Waals surface area contributed by atoms with Crippen LogP contribution in [0.15, 0.2) is 18.3 Å². The van der Waals surface area contributed by atoms with Crippen LogP contribution in [-0.2, 0) is 0 Å². The monoisotopic (exact) mass is 221 g/mol. The molecule has 0 bridgehead atoms. The zero-order valence-electron chi connectivity index (χ0n) is 9.94. The molecule has 1 aliphatic rings. The number of anilines is 1. The van der Waals surface area contributed by atoms with E-state index in [1.165, 1.54) is 12.8 Å². The molecule has 4 heteroatoms.